The molecule has 1 atom stereocenters. The molecule has 0 saturated heterocycles. The highest BCUT2D eigenvalue weighted by atomic mass is 16.5. The molecule has 0 aliphatic carbocycles. The highest BCUT2D eigenvalue weighted by molar-refractivity contribution is 5.98. The van der Waals surface area contributed by atoms with Crippen LogP contribution in [0.1, 0.15) is 31.1 Å². The third-order valence-electron chi connectivity index (χ3n) is 3.51. The summed E-state index contributed by atoms with van der Waals surface area (Å²) in [5.74, 6) is 0.540. The zero-order chi connectivity index (χ0) is 17.5. The van der Waals surface area contributed by atoms with Crippen LogP contribution in [0.25, 0.3) is 0 Å². The average molecular weight is 326 g/mol. The van der Waals surface area contributed by atoms with Crippen molar-refractivity contribution in [3.63, 3.8) is 0 Å². The minimum Gasteiger partial charge on any atom is -0.492 e. The number of benzene rings is 2. The average Bonchev–Trinajstić information content (AvgIpc) is 2.57. The number of hydrogen-bond donors (Lipinski definition) is 2. The fourth-order valence-corrected chi connectivity index (χ4v) is 2.20. The fraction of sp³-hybridized carbons (Fsp3) is 0.263. The van der Waals surface area contributed by atoms with Gasteiger partial charge in [-0.05, 0) is 57.2 Å². The predicted molar refractivity (Wildman–Crippen MR) is 95.8 cm³/mol. The summed E-state index contributed by atoms with van der Waals surface area (Å²) in [4.78, 5) is 23.6. The molecule has 126 valence electrons. The molecular weight excluding hydrogens is 304 g/mol. The fourth-order valence-electron chi connectivity index (χ4n) is 2.20. The first-order valence-electron chi connectivity index (χ1n) is 7.91. The maximum Gasteiger partial charge on any atom is 0.246 e. The quantitative estimate of drug-likeness (QED) is 0.761. The van der Waals surface area contributed by atoms with E-state index in [0.29, 0.717) is 23.6 Å². The monoisotopic (exact) mass is 326 g/mol. The number of nitrogens with one attached hydrogen (secondary N) is 2. The maximum atomic E-state index is 12.3. The van der Waals surface area contributed by atoms with Crippen LogP contribution in [0, 0.1) is 0 Å². The molecule has 0 fully saturated rings. The highest BCUT2D eigenvalue weighted by Crippen LogP contribution is 2.24. The van der Waals surface area contributed by atoms with E-state index in [1.54, 1.807) is 31.2 Å². The minimum atomic E-state index is -0.445. The molecule has 5 nitrogen and oxygen atoms in total. The van der Waals surface area contributed by atoms with Crippen LogP contribution in [-0.2, 0) is 4.79 Å². The molecule has 0 saturated carbocycles. The van der Waals surface area contributed by atoms with Crippen molar-refractivity contribution in [2.75, 3.05) is 17.2 Å². The van der Waals surface area contributed by atoms with Crippen molar-refractivity contribution in [2.24, 2.45) is 0 Å². The van der Waals surface area contributed by atoms with Gasteiger partial charge in [-0.15, -0.1) is 0 Å². The zero-order valence-corrected chi connectivity index (χ0v) is 14.1. The van der Waals surface area contributed by atoms with E-state index in [1.807, 2.05) is 31.2 Å². The first-order chi connectivity index (χ1) is 11.5. The second-order valence-corrected chi connectivity index (χ2v) is 5.42. The van der Waals surface area contributed by atoms with Crippen LogP contribution in [0.2, 0.25) is 0 Å². The Balaban J connectivity index is 2.01. The van der Waals surface area contributed by atoms with Crippen molar-refractivity contribution in [1.82, 2.24) is 0 Å². The van der Waals surface area contributed by atoms with Gasteiger partial charge in [0.1, 0.15) is 11.8 Å². The first kappa shape index (κ1) is 17.5. The van der Waals surface area contributed by atoms with Crippen LogP contribution in [0.15, 0.2) is 48.5 Å². The zero-order valence-electron chi connectivity index (χ0n) is 14.1. The van der Waals surface area contributed by atoms with Gasteiger partial charge in [0.25, 0.3) is 0 Å². The largest absolute Gasteiger partial charge is 0.492 e. The third-order valence-corrected chi connectivity index (χ3v) is 3.51. The number of carbonyl (C=O) groups excluding carboxylic acids is 2. The number of hydrogen-bond acceptors (Lipinski definition) is 4. The van der Waals surface area contributed by atoms with Crippen LogP contribution in [0.5, 0.6) is 5.75 Å². The second kappa shape index (κ2) is 8.15. The van der Waals surface area contributed by atoms with E-state index in [9.17, 15) is 9.59 Å². The standard InChI is InChI=1S/C19H22N2O3/c1-4-24-18-8-6-5-7-17(18)20-13(2)19(23)21-16-11-9-15(10-12-16)14(3)22/h5-13,20H,4H2,1-3H3,(H,21,23)/t13-/m1/s1. The molecule has 0 bridgehead atoms. The van der Waals surface area contributed by atoms with Crippen molar-refractivity contribution in [2.45, 2.75) is 26.8 Å². The second-order valence-electron chi connectivity index (χ2n) is 5.42. The Hall–Kier alpha value is -2.82. The first-order valence-corrected chi connectivity index (χ1v) is 7.91. The molecule has 1 amide bonds. The van der Waals surface area contributed by atoms with Crippen molar-refractivity contribution < 1.29 is 14.3 Å². The van der Waals surface area contributed by atoms with Crippen molar-refractivity contribution in [1.29, 1.82) is 0 Å². The minimum absolute atomic E-state index is 0.00422. The van der Waals surface area contributed by atoms with Gasteiger partial charge in [-0.3, -0.25) is 9.59 Å². The lowest BCUT2D eigenvalue weighted by Crippen LogP contribution is -2.32. The van der Waals surface area contributed by atoms with E-state index >= 15 is 0 Å². The van der Waals surface area contributed by atoms with Gasteiger partial charge in [0, 0.05) is 11.3 Å². The Labute approximate surface area is 142 Å². The molecule has 0 aliphatic rings. The summed E-state index contributed by atoms with van der Waals surface area (Å²) >= 11 is 0. The molecule has 2 rings (SSSR count). The summed E-state index contributed by atoms with van der Waals surface area (Å²) in [5, 5.41) is 5.98. The number of Topliss-reactive ketones (excluding diaryl/α,β-unsaturated/α-hetero) is 1. The Morgan fingerprint density at radius 3 is 2.38 bits per heavy atom. The molecule has 0 heterocycles. The summed E-state index contributed by atoms with van der Waals surface area (Å²) in [5.41, 5.74) is 2.04. The highest BCUT2D eigenvalue weighted by Gasteiger charge is 2.15. The normalized spacial score (nSPS) is 11.5. The van der Waals surface area contributed by atoms with Gasteiger partial charge in [-0.2, -0.15) is 0 Å². The summed E-state index contributed by atoms with van der Waals surface area (Å²) in [6.45, 7) is 5.76. The molecule has 0 unspecified atom stereocenters. The van der Waals surface area contributed by atoms with Crippen molar-refractivity contribution >= 4 is 23.1 Å². The number of amides is 1. The Bertz CT molecular complexity index is 711. The van der Waals surface area contributed by atoms with Gasteiger partial charge in [0.05, 0.1) is 12.3 Å². The van der Waals surface area contributed by atoms with Crippen molar-refractivity contribution in [3.05, 3.63) is 54.1 Å². The van der Waals surface area contributed by atoms with E-state index in [1.165, 1.54) is 6.92 Å². The Kier molecular flexibility index (Phi) is 5.95. The van der Waals surface area contributed by atoms with Gasteiger partial charge in [-0.1, -0.05) is 12.1 Å². The van der Waals surface area contributed by atoms with Gasteiger partial charge in [0.15, 0.2) is 5.78 Å². The molecule has 24 heavy (non-hydrogen) atoms. The van der Waals surface area contributed by atoms with Gasteiger partial charge >= 0.3 is 0 Å². The number of carbonyl (C=O) groups is 2. The van der Waals surface area contributed by atoms with Gasteiger partial charge in [0.2, 0.25) is 5.91 Å². The molecule has 0 radical (unpaired) electrons. The molecule has 0 spiro atoms. The van der Waals surface area contributed by atoms with Crippen LogP contribution in [0.4, 0.5) is 11.4 Å². The topological polar surface area (TPSA) is 67.4 Å². The maximum absolute atomic E-state index is 12.3. The number of ketones is 1. The summed E-state index contributed by atoms with van der Waals surface area (Å²) in [6.07, 6.45) is 0. The van der Waals surface area contributed by atoms with Crippen LogP contribution in [0.3, 0.4) is 0 Å². The number of rotatable bonds is 7. The third kappa shape index (κ3) is 4.59. The van der Waals surface area contributed by atoms with Gasteiger partial charge < -0.3 is 15.4 Å². The smallest absolute Gasteiger partial charge is 0.246 e. The van der Waals surface area contributed by atoms with Crippen LogP contribution < -0.4 is 15.4 Å². The lowest BCUT2D eigenvalue weighted by atomic mass is 10.1. The molecule has 5 heteroatoms. The number of para-hydroxylation sites is 2. The summed E-state index contributed by atoms with van der Waals surface area (Å²) in [7, 11) is 0. The van der Waals surface area contributed by atoms with E-state index < -0.39 is 6.04 Å². The lowest BCUT2D eigenvalue weighted by molar-refractivity contribution is -0.116. The predicted octanol–water partition coefficient (Wildman–Crippen LogP) is 3.73. The molecule has 2 N–H and O–H groups in total. The van der Waals surface area contributed by atoms with E-state index in [2.05, 4.69) is 10.6 Å². The molecule has 0 aliphatic heterocycles. The Morgan fingerprint density at radius 1 is 1.08 bits per heavy atom. The molecule has 2 aromatic carbocycles. The van der Waals surface area contributed by atoms with E-state index in [-0.39, 0.29) is 11.7 Å². The Morgan fingerprint density at radius 2 is 1.75 bits per heavy atom. The number of anilines is 2. The summed E-state index contributed by atoms with van der Waals surface area (Å²) < 4.78 is 5.55. The SMILES string of the molecule is CCOc1ccccc1N[C@H](C)C(=O)Nc1ccc(C(C)=O)cc1. The number of ether oxygens (including phenoxy) is 1. The molecule has 2 aromatic rings. The van der Waals surface area contributed by atoms with Crippen LogP contribution in [-0.4, -0.2) is 24.3 Å². The van der Waals surface area contributed by atoms with E-state index in [4.69, 9.17) is 4.74 Å². The summed E-state index contributed by atoms with van der Waals surface area (Å²) in [6, 6.07) is 13.9. The lowest BCUT2D eigenvalue weighted by Gasteiger charge is -2.18. The van der Waals surface area contributed by atoms with Crippen LogP contribution >= 0.6 is 0 Å². The molecule has 0 aromatic heterocycles. The van der Waals surface area contributed by atoms with Gasteiger partial charge in [-0.25, -0.2) is 0 Å². The van der Waals surface area contributed by atoms with E-state index in [0.717, 1.165) is 5.69 Å². The molecular formula is C19H22N2O3. The van der Waals surface area contributed by atoms with Crippen molar-refractivity contribution in [3.8, 4) is 5.75 Å².